The van der Waals surface area contributed by atoms with Gasteiger partial charge in [-0.1, -0.05) is 32.0 Å². The molecule has 6 nitrogen and oxygen atoms in total. The quantitative estimate of drug-likeness (QED) is 0.546. The number of nitrogens with one attached hydrogen (secondary N) is 2. The Labute approximate surface area is 166 Å². The van der Waals surface area contributed by atoms with Crippen molar-refractivity contribution in [2.45, 2.75) is 30.7 Å². The number of sulfonamides is 1. The molecule has 8 heteroatoms. The number of nitrogens with zero attached hydrogens (tertiary/aromatic N) is 2. The van der Waals surface area contributed by atoms with Crippen molar-refractivity contribution >= 4 is 27.3 Å². The molecule has 0 bridgehead atoms. The molecular weight excluding hydrogens is 380 g/mol. The molecule has 0 aliphatic rings. The van der Waals surface area contributed by atoms with Crippen LogP contribution >= 0.6 is 11.3 Å². The Kier molecular flexibility index (Phi) is 7.02. The predicted octanol–water partition coefficient (Wildman–Crippen LogP) is 2.64. The number of aliphatic imine (C=N–C) groups is 1. The second-order valence-corrected chi connectivity index (χ2v) is 10.2. The van der Waals surface area contributed by atoms with E-state index in [-0.39, 0.29) is 10.3 Å². The van der Waals surface area contributed by atoms with Crippen LogP contribution in [0, 0.1) is 0 Å². The molecule has 2 aromatic rings. The molecule has 1 heterocycles. The van der Waals surface area contributed by atoms with Gasteiger partial charge in [-0.25, -0.2) is 12.7 Å². The Morgan fingerprint density at radius 1 is 1.15 bits per heavy atom. The molecule has 0 fully saturated rings. The molecule has 27 heavy (non-hydrogen) atoms. The topological polar surface area (TPSA) is 73.8 Å². The van der Waals surface area contributed by atoms with Gasteiger partial charge in [0, 0.05) is 44.5 Å². The maximum Gasteiger partial charge on any atom is 0.242 e. The smallest absolute Gasteiger partial charge is 0.242 e. The third kappa shape index (κ3) is 5.54. The summed E-state index contributed by atoms with van der Waals surface area (Å²) >= 11 is 1.75. The Balaban J connectivity index is 1.93. The zero-order valence-corrected chi connectivity index (χ0v) is 18.1. The van der Waals surface area contributed by atoms with Gasteiger partial charge in [0.1, 0.15) is 0 Å². The highest BCUT2D eigenvalue weighted by atomic mass is 32.2. The Hall–Kier alpha value is -1.90. The van der Waals surface area contributed by atoms with E-state index in [2.05, 4.69) is 47.0 Å². The summed E-state index contributed by atoms with van der Waals surface area (Å²) in [6.07, 6.45) is 0. The minimum atomic E-state index is -3.40. The number of hydrogen-bond donors (Lipinski definition) is 2. The molecule has 0 aliphatic heterocycles. The van der Waals surface area contributed by atoms with Crippen molar-refractivity contribution in [2.24, 2.45) is 4.99 Å². The van der Waals surface area contributed by atoms with Crippen LogP contribution in [0.4, 0.5) is 0 Å². The summed E-state index contributed by atoms with van der Waals surface area (Å²) in [5.74, 6) is 0.713. The molecule has 0 amide bonds. The molecule has 148 valence electrons. The number of thiophene rings is 1. The van der Waals surface area contributed by atoms with Gasteiger partial charge in [0.2, 0.25) is 10.0 Å². The zero-order valence-electron chi connectivity index (χ0n) is 16.5. The molecule has 0 radical (unpaired) electrons. The van der Waals surface area contributed by atoms with Gasteiger partial charge in [0.05, 0.1) is 4.90 Å². The van der Waals surface area contributed by atoms with Gasteiger partial charge < -0.3 is 10.6 Å². The largest absolute Gasteiger partial charge is 0.356 e. The normalized spacial score (nSPS) is 13.0. The first-order valence-corrected chi connectivity index (χ1v) is 11.0. The number of guanidine groups is 1. The molecule has 0 unspecified atom stereocenters. The summed E-state index contributed by atoms with van der Waals surface area (Å²) in [7, 11) is 1.39. The van der Waals surface area contributed by atoms with Crippen LogP contribution in [0.3, 0.4) is 0 Å². The molecule has 0 aliphatic carbocycles. The van der Waals surface area contributed by atoms with E-state index >= 15 is 0 Å². The summed E-state index contributed by atoms with van der Waals surface area (Å²) in [6.45, 7) is 5.71. The summed E-state index contributed by atoms with van der Waals surface area (Å²) in [5.41, 5.74) is 0.988. The maximum atomic E-state index is 12.1. The van der Waals surface area contributed by atoms with Crippen molar-refractivity contribution in [3.8, 4) is 0 Å². The molecule has 1 aromatic heterocycles. The van der Waals surface area contributed by atoms with Crippen LogP contribution in [0.5, 0.6) is 0 Å². The van der Waals surface area contributed by atoms with Crippen molar-refractivity contribution < 1.29 is 8.42 Å². The van der Waals surface area contributed by atoms with E-state index in [1.165, 1.54) is 23.3 Å². The van der Waals surface area contributed by atoms with Crippen molar-refractivity contribution in [1.29, 1.82) is 0 Å². The maximum absolute atomic E-state index is 12.1. The van der Waals surface area contributed by atoms with Crippen LogP contribution < -0.4 is 10.6 Å². The van der Waals surface area contributed by atoms with E-state index in [1.807, 2.05) is 12.1 Å². The van der Waals surface area contributed by atoms with Gasteiger partial charge in [-0.15, -0.1) is 11.3 Å². The number of hydrogen-bond acceptors (Lipinski definition) is 4. The Morgan fingerprint density at radius 3 is 2.33 bits per heavy atom. The average molecular weight is 409 g/mol. The fourth-order valence-corrected chi connectivity index (χ4v) is 4.21. The number of benzene rings is 1. The first kappa shape index (κ1) is 21.4. The van der Waals surface area contributed by atoms with E-state index in [0.717, 1.165) is 12.1 Å². The lowest BCUT2D eigenvalue weighted by Gasteiger charge is -2.25. The number of rotatable bonds is 7. The second-order valence-electron chi connectivity index (χ2n) is 7.07. The van der Waals surface area contributed by atoms with Gasteiger partial charge in [0.15, 0.2) is 5.96 Å². The highest BCUT2D eigenvalue weighted by molar-refractivity contribution is 7.89. The lowest BCUT2D eigenvalue weighted by molar-refractivity contribution is 0.518. The van der Waals surface area contributed by atoms with Gasteiger partial charge >= 0.3 is 0 Å². The Bertz CT molecular complexity index is 856. The van der Waals surface area contributed by atoms with Crippen LogP contribution in [0.2, 0.25) is 0 Å². The molecule has 0 atom stereocenters. The van der Waals surface area contributed by atoms with Crippen LogP contribution in [-0.2, 0) is 22.0 Å². The third-order valence-corrected chi connectivity index (χ3v) is 7.34. The first-order valence-electron chi connectivity index (χ1n) is 8.67. The van der Waals surface area contributed by atoms with Gasteiger partial charge in [-0.2, -0.15) is 0 Å². The third-order valence-electron chi connectivity index (χ3n) is 4.27. The minimum absolute atomic E-state index is 0.00791. The minimum Gasteiger partial charge on any atom is -0.356 e. The van der Waals surface area contributed by atoms with E-state index in [9.17, 15) is 8.42 Å². The SMILES string of the molecule is CN=C(NCc1ccc(S(=O)(=O)N(C)C)cc1)NCC(C)(C)c1cccs1. The van der Waals surface area contributed by atoms with Crippen LogP contribution in [0.15, 0.2) is 51.7 Å². The molecule has 0 spiro atoms. The standard InChI is InChI=1S/C19H28N4O2S2/c1-19(2,17-7-6-12-26-17)14-22-18(20-3)21-13-15-8-10-16(11-9-15)27(24,25)23(4)5/h6-12H,13-14H2,1-5H3,(H2,20,21,22). The van der Waals surface area contributed by atoms with Crippen molar-refractivity contribution in [3.63, 3.8) is 0 Å². The van der Waals surface area contributed by atoms with Crippen LogP contribution in [0.25, 0.3) is 0 Å². The lowest BCUT2D eigenvalue weighted by Crippen LogP contribution is -2.42. The zero-order chi connectivity index (χ0) is 20.1. The summed E-state index contributed by atoms with van der Waals surface area (Å²) < 4.78 is 25.4. The summed E-state index contributed by atoms with van der Waals surface area (Å²) in [5, 5.41) is 8.72. The summed E-state index contributed by atoms with van der Waals surface area (Å²) in [6, 6.07) is 11.1. The Morgan fingerprint density at radius 2 is 1.81 bits per heavy atom. The van der Waals surface area contributed by atoms with Crippen molar-refractivity contribution in [3.05, 3.63) is 52.2 Å². The fourth-order valence-electron chi connectivity index (χ4n) is 2.45. The summed E-state index contributed by atoms with van der Waals surface area (Å²) in [4.78, 5) is 5.87. The van der Waals surface area contributed by atoms with Gasteiger partial charge in [0.25, 0.3) is 0 Å². The first-order chi connectivity index (χ1) is 12.7. The fraction of sp³-hybridized carbons (Fsp3) is 0.421. The van der Waals surface area contributed by atoms with Crippen molar-refractivity contribution in [1.82, 2.24) is 14.9 Å². The van der Waals surface area contributed by atoms with Crippen molar-refractivity contribution in [2.75, 3.05) is 27.7 Å². The monoisotopic (exact) mass is 408 g/mol. The average Bonchev–Trinajstić information content (AvgIpc) is 3.18. The van der Waals surface area contributed by atoms with E-state index < -0.39 is 10.0 Å². The molecule has 0 saturated heterocycles. The molecule has 1 aromatic carbocycles. The van der Waals surface area contributed by atoms with Crippen LogP contribution in [-0.4, -0.2) is 46.4 Å². The van der Waals surface area contributed by atoms with Crippen LogP contribution in [0.1, 0.15) is 24.3 Å². The highest BCUT2D eigenvalue weighted by Gasteiger charge is 2.22. The lowest BCUT2D eigenvalue weighted by atomic mass is 9.91. The molecule has 0 saturated carbocycles. The van der Waals surface area contributed by atoms with Gasteiger partial charge in [-0.05, 0) is 29.1 Å². The highest BCUT2D eigenvalue weighted by Crippen LogP contribution is 2.26. The van der Waals surface area contributed by atoms with E-state index in [1.54, 1.807) is 30.5 Å². The van der Waals surface area contributed by atoms with E-state index in [4.69, 9.17) is 0 Å². The van der Waals surface area contributed by atoms with E-state index in [0.29, 0.717) is 12.5 Å². The molecular formula is C19H28N4O2S2. The van der Waals surface area contributed by atoms with Gasteiger partial charge in [-0.3, -0.25) is 4.99 Å². The second kappa shape index (κ2) is 8.86. The molecule has 2 rings (SSSR count). The molecule has 2 N–H and O–H groups in total. The predicted molar refractivity (Wildman–Crippen MR) is 113 cm³/mol.